The Labute approximate surface area is 131 Å². The average molecular weight is 309 g/mol. The van der Waals surface area contributed by atoms with Crippen LogP contribution in [0.5, 0.6) is 5.75 Å². The third kappa shape index (κ3) is 1.99. The number of esters is 1. The molecule has 0 aliphatic rings. The van der Waals surface area contributed by atoms with E-state index in [9.17, 15) is 9.90 Å². The normalized spacial score (nSPS) is 11.5. The topological polar surface area (TPSA) is 60.3 Å². The smallest absolute Gasteiger partial charge is 0.333 e. The van der Waals surface area contributed by atoms with Crippen molar-refractivity contribution >= 4 is 17.0 Å². The lowest BCUT2D eigenvalue weighted by molar-refractivity contribution is -0.140. The van der Waals surface area contributed by atoms with E-state index in [1.165, 1.54) is 0 Å². The third-order valence-electron chi connectivity index (χ3n) is 3.79. The highest BCUT2D eigenvalue weighted by molar-refractivity contribution is 5.86. The second kappa shape index (κ2) is 4.67. The lowest BCUT2D eigenvalue weighted by atomic mass is 10.2. The molecule has 0 radical (unpaired) electrons. The number of nitrogens with zero attached hydrogens (tertiary/aromatic N) is 3. The minimum Gasteiger partial charge on any atom is -0.506 e. The molecule has 2 aromatic heterocycles. The zero-order valence-electron chi connectivity index (χ0n) is 12.6. The summed E-state index contributed by atoms with van der Waals surface area (Å²) in [5.74, 6) is -0.258. The fourth-order valence-corrected chi connectivity index (χ4v) is 2.59. The first-order valence-electron chi connectivity index (χ1n) is 7.21. The number of para-hydroxylation sites is 2. The van der Waals surface area contributed by atoms with E-state index < -0.39 is 5.97 Å². The molecule has 4 aromatic rings. The van der Waals surface area contributed by atoms with Crippen molar-refractivity contribution in [3.05, 3.63) is 60.2 Å². The number of phenols is 1. The zero-order chi connectivity index (χ0) is 16.1. The number of fused-ring (bicyclic) bond motifs is 4. The molecular weight excluding hydrogens is 294 g/mol. The lowest BCUT2D eigenvalue weighted by Gasteiger charge is -2.06. The second-order valence-electron chi connectivity index (χ2n) is 5.54. The van der Waals surface area contributed by atoms with E-state index in [2.05, 4.69) is 6.58 Å². The zero-order valence-corrected chi connectivity index (χ0v) is 12.6. The van der Waals surface area contributed by atoms with Gasteiger partial charge >= 0.3 is 5.97 Å². The van der Waals surface area contributed by atoms with Crippen LogP contribution in [0.1, 0.15) is 12.5 Å². The van der Waals surface area contributed by atoms with Gasteiger partial charge in [0, 0.05) is 5.57 Å². The maximum Gasteiger partial charge on any atom is 0.333 e. The summed E-state index contributed by atoms with van der Waals surface area (Å²) in [5, 5.41) is 10.1. The third-order valence-corrected chi connectivity index (χ3v) is 3.79. The molecule has 0 spiro atoms. The minimum atomic E-state index is -0.425. The molecule has 0 unspecified atom stereocenters. The molecule has 0 saturated heterocycles. The molecule has 0 aliphatic heterocycles. The molecule has 0 aliphatic carbocycles. The Bertz CT molecular complexity index is 992. The SMILES string of the molecule is C=C(C)C(=O)OCc1ccc(O)c(-n2n3c4ccccc4n23)c1. The summed E-state index contributed by atoms with van der Waals surface area (Å²) in [5.41, 5.74) is 3.98. The van der Waals surface area contributed by atoms with Gasteiger partial charge in [-0.1, -0.05) is 24.8 Å². The van der Waals surface area contributed by atoms with Crippen LogP contribution in [-0.2, 0) is 16.1 Å². The Balaban J connectivity index is 1.66. The molecule has 116 valence electrons. The van der Waals surface area contributed by atoms with Gasteiger partial charge in [-0.2, -0.15) is 0 Å². The summed E-state index contributed by atoms with van der Waals surface area (Å²) in [4.78, 5) is 13.3. The largest absolute Gasteiger partial charge is 0.506 e. The fraction of sp³-hybridized carbons (Fsp3) is 0.118. The number of phenolic OH excluding ortho intramolecular Hbond substituents is 1. The van der Waals surface area contributed by atoms with Crippen molar-refractivity contribution in [3.63, 3.8) is 0 Å². The number of rotatable bonds is 4. The van der Waals surface area contributed by atoms with Crippen LogP contribution in [-0.4, -0.2) is 25.1 Å². The number of aromatic nitrogens is 3. The van der Waals surface area contributed by atoms with E-state index in [1.54, 1.807) is 25.1 Å². The van der Waals surface area contributed by atoms with E-state index in [0.29, 0.717) is 11.3 Å². The van der Waals surface area contributed by atoms with Gasteiger partial charge in [-0.05, 0) is 36.8 Å². The van der Waals surface area contributed by atoms with Gasteiger partial charge < -0.3 is 9.84 Å². The van der Waals surface area contributed by atoms with E-state index >= 15 is 0 Å². The summed E-state index contributed by atoms with van der Waals surface area (Å²) in [6, 6.07) is 13.1. The lowest BCUT2D eigenvalue weighted by Crippen LogP contribution is -2.05. The van der Waals surface area contributed by atoms with E-state index in [-0.39, 0.29) is 12.4 Å². The standard InChI is InChI=1S/C17H15N3O3/c1-11(2)17(22)23-10-12-7-8-16(21)15(9-12)20-18-13-5-3-4-6-14(13)19(18)20/h3-9,21H,1,10H2,2H3. The summed E-state index contributed by atoms with van der Waals surface area (Å²) in [7, 11) is 0. The molecule has 0 amide bonds. The molecular formula is C17H15N3O3. The molecule has 0 bridgehead atoms. The van der Waals surface area contributed by atoms with Gasteiger partial charge in [0.1, 0.15) is 29.1 Å². The number of hydrogen-bond acceptors (Lipinski definition) is 3. The maximum atomic E-state index is 11.5. The molecule has 0 saturated carbocycles. The highest BCUT2D eigenvalue weighted by Crippen LogP contribution is 2.31. The second-order valence-corrected chi connectivity index (χ2v) is 5.54. The van der Waals surface area contributed by atoms with Gasteiger partial charge in [-0.25, -0.2) is 4.79 Å². The molecule has 0 atom stereocenters. The van der Waals surface area contributed by atoms with Crippen LogP contribution in [0.4, 0.5) is 0 Å². The molecule has 2 heterocycles. The van der Waals surface area contributed by atoms with Crippen LogP contribution in [0.15, 0.2) is 54.6 Å². The molecule has 1 N–H and O–H groups in total. The maximum absolute atomic E-state index is 11.5. The van der Waals surface area contributed by atoms with Gasteiger partial charge in [0.2, 0.25) is 0 Å². The quantitative estimate of drug-likeness (QED) is 0.466. The Hall–Kier alpha value is -3.15. The number of carbonyl (C=O) groups excluding carboxylic acids is 1. The van der Waals surface area contributed by atoms with E-state index in [0.717, 1.165) is 16.6 Å². The predicted molar refractivity (Wildman–Crippen MR) is 85.1 cm³/mol. The van der Waals surface area contributed by atoms with Gasteiger partial charge in [0.05, 0.1) is 0 Å². The summed E-state index contributed by atoms with van der Waals surface area (Å²) in [6.07, 6.45) is 0. The number of carbonyl (C=O) groups is 1. The van der Waals surface area contributed by atoms with Gasteiger partial charge in [0.15, 0.2) is 0 Å². The number of benzene rings is 2. The Kier molecular flexibility index (Phi) is 2.74. The van der Waals surface area contributed by atoms with Crippen molar-refractivity contribution in [3.8, 4) is 11.4 Å². The van der Waals surface area contributed by atoms with Gasteiger partial charge in [-0.3, -0.25) is 0 Å². The first-order chi connectivity index (χ1) is 11.1. The van der Waals surface area contributed by atoms with Crippen molar-refractivity contribution in [1.29, 1.82) is 0 Å². The van der Waals surface area contributed by atoms with Crippen molar-refractivity contribution in [2.75, 3.05) is 0 Å². The van der Waals surface area contributed by atoms with Gasteiger partial charge in [-0.15, -0.1) is 14.1 Å². The van der Waals surface area contributed by atoms with Crippen LogP contribution in [0.3, 0.4) is 0 Å². The van der Waals surface area contributed by atoms with Crippen LogP contribution in [0.25, 0.3) is 16.7 Å². The highest BCUT2D eigenvalue weighted by atomic mass is 16.5. The molecule has 6 nitrogen and oxygen atoms in total. The van der Waals surface area contributed by atoms with Crippen molar-refractivity contribution in [1.82, 2.24) is 14.1 Å². The minimum absolute atomic E-state index is 0.139. The average Bonchev–Trinajstić information content (AvgIpc) is 3.20. The van der Waals surface area contributed by atoms with E-state index in [4.69, 9.17) is 4.74 Å². The van der Waals surface area contributed by atoms with Gasteiger partial charge in [0.25, 0.3) is 0 Å². The summed E-state index contributed by atoms with van der Waals surface area (Å²) >= 11 is 0. The number of ether oxygens (including phenoxy) is 1. The monoisotopic (exact) mass is 309 g/mol. The highest BCUT2D eigenvalue weighted by Gasteiger charge is 2.25. The van der Waals surface area contributed by atoms with Crippen LogP contribution in [0.2, 0.25) is 0 Å². The molecule has 6 heteroatoms. The Morgan fingerprint density at radius 2 is 1.83 bits per heavy atom. The van der Waals surface area contributed by atoms with E-state index in [1.807, 2.05) is 38.3 Å². The first-order valence-corrected chi connectivity index (χ1v) is 7.21. The number of aromatic hydroxyl groups is 1. The van der Waals surface area contributed by atoms with Crippen LogP contribution < -0.4 is 0 Å². The molecule has 4 rings (SSSR count). The van der Waals surface area contributed by atoms with Crippen LogP contribution in [0, 0.1) is 0 Å². The van der Waals surface area contributed by atoms with Crippen molar-refractivity contribution < 1.29 is 14.6 Å². The fourth-order valence-electron chi connectivity index (χ4n) is 2.59. The molecule has 23 heavy (non-hydrogen) atoms. The molecule has 2 aromatic carbocycles. The summed E-state index contributed by atoms with van der Waals surface area (Å²) in [6.45, 7) is 5.30. The van der Waals surface area contributed by atoms with Crippen molar-refractivity contribution in [2.45, 2.75) is 13.5 Å². The number of hydrogen-bond donors (Lipinski definition) is 1. The first kappa shape index (κ1) is 13.5. The Morgan fingerprint density at radius 1 is 1.17 bits per heavy atom. The predicted octanol–water partition coefficient (Wildman–Crippen LogP) is 2.75. The summed E-state index contributed by atoms with van der Waals surface area (Å²) < 4.78 is 9.05. The Morgan fingerprint density at radius 3 is 2.43 bits per heavy atom. The van der Waals surface area contributed by atoms with Crippen LogP contribution >= 0.6 is 0 Å². The molecule has 0 fully saturated rings. The van der Waals surface area contributed by atoms with Crippen molar-refractivity contribution in [2.24, 2.45) is 0 Å².